The molecule has 0 aliphatic carbocycles. The number of hydrogen-bond donors (Lipinski definition) is 2. The highest BCUT2D eigenvalue weighted by molar-refractivity contribution is 8.00. The van der Waals surface area contributed by atoms with E-state index in [1.165, 1.54) is 16.7 Å². The van der Waals surface area contributed by atoms with Gasteiger partial charge in [0.05, 0.1) is 11.8 Å². The summed E-state index contributed by atoms with van der Waals surface area (Å²) >= 11 is 1.44. The predicted octanol–water partition coefficient (Wildman–Crippen LogP) is -0.205. The van der Waals surface area contributed by atoms with Crippen LogP contribution < -0.4 is 0 Å². The summed E-state index contributed by atoms with van der Waals surface area (Å²) in [5.74, 6) is -0.646. The topological polar surface area (TPSA) is 77.8 Å². The average molecular weight is 209 g/mol. The first-order valence-corrected chi connectivity index (χ1v) is 6.21. The van der Waals surface area contributed by atoms with Gasteiger partial charge in [-0.3, -0.25) is 9.36 Å². The molecule has 2 heterocycles. The second-order valence-corrected chi connectivity index (χ2v) is 5.85. The van der Waals surface area contributed by atoms with Gasteiger partial charge in [-0.15, -0.1) is 11.8 Å². The fraction of sp³-hybridized carbons (Fsp3) is 0.800. The molecule has 0 saturated carbocycles. The van der Waals surface area contributed by atoms with Crippen molar-refractivity contribution in [2.75, 3.05) is 5.75 Å². The highest BCUT2D eigenvalue weighted by Gasteiger charge is 2.52. The number of β-lactam (4-membered cyclic amide) rings is 1. The summed E-state index contributed by atoms with van der Waals surface area (Å²) < 4.78 is 10.9. The van der Waals surface area contributed by atoms with E-state index in [1.54, 1.807) is 0 Å². The number of carbonyl (C=O) groups excluding carboxylic acids is 1. The molecule has 2 fully saturated rings. The molecule has 0 bridgehead atoms. The molecule has 12 heavy (non-hydrogen) atoms. The maximum absolute atomic E-state index is 10.9. The molecule has 7 heteroatoms. The van der Waals surface area contributed by atoms with Crippen LogP contribution in [0.2, 0.25) is 0 Å². The van der Waals surface area contributed by atoms with Gasteiger partial charge in [0.1, 0.15) is 5.78 Å². The zero-order valence-corrected chi connectivity index (χ0v) is 7.79. The molecule has 5 nitrogen and oxygen atoms in total. The van der Waals surface area contributed by atoms with E-state index in [-0.39, 0.29) is 11.3 Å². The van der Waals surface area contributed by atoms with E-state index in [2.05, 4.69) is 0 Å². The van der Waals surface area contributed by atoms with Crippen LogP contribution in [0.5, 0.6) is 0 Å². The third kappa shape index (κ3) is 1.10. The summed E-state index contributed by atoms with van der Waals surface area (Å²) in [6, 6.07) is 0. The SMILES string of the molecule is O=C1C[C@@H]2SCC(P(=O)(O)O)N12. The molecule has 0 spiro atoms. The van der Waals surface area contributed by atoms with Gasteiger partial charge in [-0.1, -0.05) is 0 Å². The third-order valence-electron chi connectivity index (χ3n) is 2.09. The van der Waals surface area contributed by atoms with Gasteiger partial charge in [0.2, 0.25) is 5.91 Å². The Hall–Kier alpha value is -0.0300. The zero-order chi connectivity index (χ0) is 8.93. The summed E-state index contributed by atoms with van der Waals surface area (Å²) in [6.07, 6.45) is 0.432. The Bertz CT molecular complexity index is 277. The molecule has 2 atom stereocenters. The Labute approximate surface area is 73.3 Å². The lowest BCUT2D eigenvalue weighted by Gasteiger charge is -2.37. The molecule has 1 unspecified atom stereocenters. The minimum absolute atomic E-state index is 0.0233. The third-order valence-corrected chi connectivity index (χ3v) is 4.84. The summed E-state index contributed by atoms with van der Waals surface area (Å²) in [5.41, 5.74) is 0. The number of thioether (sulfide) groups is 1. The Morgan fingerprint density at radius 2 is 2.25 bits per heavy atom. The lowest BCUT2D eigenvalue weighted by atomic mass is 10.2. The first-order chi connectivity index (χ1) is 5.50. The van der Waals surface area contributed by atoms with Crippen LogP contribution in [0.3, 0.4) is 0 Å². The Morgan fingerprint density at radius 3 is 2.67 bits per heavy atom. The van der Waals surface area contributed by atoms with Crippen molar-refractivity contribution < 1.29 is 19.1 Å². The van der Waals surface area contributed by atoms with Gasteiger partial charge in [0, 0.05) is 5.75 Å². The Morgan fingerprint density at radius 1 is 1.58 bits per heavy atom. The second kappa shape index (κ2) is 2.48. The van der Waals surface area contributed by atoms with Crippen molar-refractivity contribution in [1.29, 1.82) is 0 Å². The van der Waals surface area contributed by atoms with Crippen LogP contribution in [0.1, 0.15) is 6.42 Å². The molecule has 0 aromatic heterocycles. The Balaban J connectivity index is 2.20. The second-order valence-electron chi connectivity index (χ2n) is 2.86. The van der Waals surface area contributed by atoms with E-state index in [0.29, 0.717) is 12.2 Å². The molecule has 0 radical (unpaired) electrons. The van der Waals surface area contributed by atoms with E-state index in [9.17, 15) is 9.36 Å². The van der Waals surface area contributed by atoms with Gasteiger partial charge >= 0.3 is 7.60 Å². The van der Waals surface area contributed by atoms with E-state index in [4.69, 9.17) is 9.79 Å². The van der Waals surface area contributed by atoms with E-state index in [0.717, 1.165) is 0 Å². The molecular formula is C5H8NO4PS. The average Bonchev–Trinajstić information content (AvgIpc) is 2.24. The fourth-order valence-electron chi connectivity index (χ4n) is 1.44. The van der Waals surface area contributed by atoms with Crippen LogP contribution in [-0.4, -0.2) is 37.5 Å². The lowest BCUT2D eigenvalue weighted by Crippen LogP contribution is -2.51. The summed E-state index contributed by atoms with van der Waals surface area (Å²) in [4.78, 5) is 30.0. The monoisotopic (exact) mass is 209 g/mol. The van der Waals surface area contributed by atoms with Crippen LogP contribution in [0.4, 0.5) is 0 Å². The molecule has 1 amide bonds. The zero-order valence-electron chi connectivity index (χ0n) is 6.08. The molecule has 2 saturated heterocycles. The van der Waals surface area contributed by atoms with Crippen LogP contribution >= 0.6 is 19.4 Å². The standard InChI is InChI=1S/C5H8NO4PS/c7-3-1-5-6(3)4(2-12-5)11(8,9)10/h4-5H,1-2H2,(H2,8,9,10)/t4?,5-/m0/s1. The molecule has 0 aromatic carbocycles. The number of carbonyl (C=O) groups is 1. The maximum atomic E-state index is 10.9. The maximum Gasteiger partial charge on any atom is 0.348 e. The van der Waals surface area contributed by atoms with Gasteiger partial charge in [0.15, 0.2) is 0 Å². The summed E-state index contributed by atoms with van der Waals surface area (Å²) in [7, 11) is -4.11. The van der Waals surface area contributed by atoms with Crippen molar-refractivity contribution in [2.45, 2.75) is 17.6 Å². The smallest absolute Gasteiger partial charge is 0.323 e. The minimum atomic E-state index is -4.11. The molecule has 2 aliphatic rings. The van der Waals surface area contributed by atoms with Crippen LogP contribution in [-0.2, 0) is 9.36 Å². The number of rotatable bonds is 1. The van der Waals surface area contributed by atoms with Gasteiger partial charge < -0.3 is 14.7 Å². The van der Waals surface area contributed by atoms with Gasteiger partial charge in [-0.2, -0.15) is 0 Å². The normalized spacial score (nSPS) is 34.8. The molecule has 68 valence electrons. The van der Waals surface area contributed by atoms with Gasteiger partial charge in [0.25, 0.3) is 0 Å². The minimum Gasteiger partial charge on any atom is -0.323 e. The van der Waals surface area contributed by atoms with E-state index in [1.807, 2.05) is 0 Å². The van der Waals surface area contributed by atoms with Crippen molar-refractivity contribution >= 4 is 25.3 Å². The number of fused-ring (bicyclic) bond motifs is 1. The van der Waals surface area contributed by atoms with Crippen LogP contribution in [0.25, 0.3) is 0 Å². The number of nitrogens with zero attached hydrogens (tertiary/aromatic N) is 1. The van der Waals surface area contributed by atoms with Crippen molar-refractivity contribution in [3.8, 4) is 0 Å². The highest BCUT2D eigenvalue weighted by atomic mass is 32.2. The van der Waals surface area contributed by atoms with Gasteiger partial charge in [-0.05, 0) is 0 Å². The highest BCUT2D eigenvalue weighted by Crippen LogP contribution is 2.53. The summed E-state index contributed by atoms with van der Waals surface area (Å²) in [6.45, 7) is 0. The molecular weight excluding hydrogens is 201 g/mol. The van der Waals surface area contributed by atoms with E-state index >= 15 is 0 Å². The fourth-order valence-corrected chi connectivity index (χ4v) is 4.41. The molecule has 0 aromatic rings. The molecule has 2 aliphatic heterocycles. The van der Waals surface area contributed by atoms with Crippen LogP contribution in [0, 0.1) is 0 Å². The predicted molar refractivity (Wildman–Crippen MR) is 43.5 cm³/mol. The van der Waals surface area contributed by atoms with Crippen molar-refractivity contribution in [1.82, 2.24) is 4.90 Å². The van der Waals surface area contributed by atoms with Gasteiger partial charge in [-0.25, -0.2) is 0 Å². The van der Waals surface area contributed by atoms with Crippen LogP contribution in [0.15, 0.2) is 0 Å². The number of hydrogen-bond acceptors (Lipinski definition) is 3. The lowest BCUT2D eigenvalue weighted by molar-refractivity contribution is -0.141. The molecule has 2 rings (SSSR count). The Kier molecular flexibility index (Phi) is 1.77. The van der Waals surface area contributed by atoms with Crippen molar-refractivity contribution in [3.05, 3.63) is 0 Å². The molecule has 2 N–H and O–H groups in total. The first kappa shape index (κ1) is 8.56. The summed E-state index contributed by atoms with van der Waals surface area (Å²) in [5, 5.41) is 0.0233. The number of amides is 1. The van der Waals surface area contributed by atoms with E-state index < -0.39 is 13.4 Å². The largest absolute Gasteiger partial charge is 0.348 e. The first-order valence-electron chi connectivity index (χ1n) is 3.48. The quantitative estimate of drug-likeness (QED) is 0.461. The van der Waals surface area contributed by atoms with Crippen molar-refractivity contribution in [2.24, 2.45) is 0 Å². The van der Waals surface area contributed by atoms with Crippen molar-refractivity contribution in [3.63, 3.8) is 0 Å².